The smallest absolute Gasteiger partial charge is 0.302 e. The minimum Gasteiger partial charge on any atom is -0.453 e. The molecular weight excluding hydrogens is 448 g/mol. The molecule has 8 heteroatoms. The molecule has 1 unspecified atom stereocenters. The second-order valence-electron chi connectivity index (χ2n) is 10.0. The largest absolute Gasteiger partial charge is 0.453 e. The molecule has 7 nitrogen and oxygen atoms in total. The van der Waals surface area contributed by atoms with E-state index in [4.69, 9.17) is 13.9 Å². The molecule has 1 fully saturated rings. The van der Waals surface area contributed by atoms with Gasteiger partial charge in [-0.3, -0.25) is 9.36 Å². The van der Waals surface area contributed by atoms with Crippen LogP contribution in [0.2, 0.25) is 5.04 Å². The van der Waals surface area contributed by atoms with Crippen molar-refractivity contribution < 1.29 is 19.0 Å². The minimum atomic E-state index is -2.76. The average molecular weight is 479 g/mol. The number of aryl methyl sites for hydroxylation is 1. The summed E-state index contributed by atoms with van der Waals surface area (Å²) in [6.07, 6.45) is -1.01. The fourth-order valence-electron chi connectivity index (χ4n) is 5.12. The van der Waals surface area contributed by atoms with Gasteiger partial charge >= 0.3 is 6.01 Å². The molecule has 1 aromatic heterocycles. The van der Waals surface area contributed by atoms with E-state index in [1.807, 2.05) is 36.4 Å². The normalized spacial score (nSPS) is 23.9. The molecule has 178 valence electrons. The van der Waals surface area contributed by atoms with E-state index in [-0.39, 0.29) is 23.2 Å². The van der Waals surface area contributed by atoms with Crippen LogP contribution in [0.4, 0.5) is 0 Å². The van der Waals surface area contributed by atoms with Crippen molar-refractivity contribution in [2.75, 3.05) is 6.61 Å². The highest BCUT2D eigenvalue weighted by molar-refractivity contribution is 6.99. The van der Waals surface area contributed by atoms with Crippen molar-refractivity contribution in [1.82, 2.24) is 9.55 Å². The lowest BCUT2D eigenvalue weighted by atomic mass is 10.1. The molecule has 1 saturated heterocycles. The number of aromatic nitrogens is 2. The zero-order chi connectivity index (χ0) is 24.1. The van der Waals surface area contributed by atoms with E-state index >= 15 is 0 Å². The summed E-state index contributed by atoms with van der Waals surface area (Å²) in [6.45, 7) is 8.55. The zero-order valence-corrected chi connectivity index (χ0v) is 20.8. The van der Waals surface area contributed by atoms with E-state index in [0.29, 0.717) is 5.56 Å². The Kier molecular flexibility index (Phi) is 5.72. The van der Waals surface area contributed by atoms with Gasteiger partial charge in [-0.15, -0.1) is 0 Å². The first-order chi connectivity index (χ1) is 16.2. The van der Waals surface area contributed by atoms with Gasteiger partial charge in [0.15, 0.2) is 12.3 Å². The molecule has 0 bridgehead atoms. The predicted octanol–water partition coefficient (Wildman–Crippen LogP) is 2.15. The number of aliphatic hydroxyl groups excluding tert-OH is 1. The SMILES string of the molecule is Cc1cn2c(nc1=O)OC1[C@@H](O)[C@@H](CO[Si](c3ccccc3)(c3ccccc3)C(C)(C)C)O[C@H]12. The Balaban J connectivity index is 1.47. The van der Waals surface area contributed by atoms with Crippen molar-refractivity contribution in [3.05, 3.63) is 82.8 Å². The lowest BCUT2D eigenvalue weighted by Crippen LogP contribution is -2.67. The number of hydrogen-bond acceptors (Lipinski definition) is 6. The van der Waals surface area contributed by atoms with Crippen LogP contribution in [0.5, 0.6) is 6.01 Å². The molecule has 0 radical (unpaired) electrons. The molecule has 0 spiro atoms. The Bertz CT molecular complexity index is 1190. The lowest BCUT2D eigenvalue weighted by Gasteiger charge is -2.43. The van der Waals surface area contributed by atoms with Gasteiger partial charge < -0.3 is 19.0 Å². The maximum Gasteiger partial charge on any atom is 0.302 e. The Hall–Kier alpha value is -2.78. The summed E-state index contributed by atoms with van der Waals surface area (Å²) in [5.74, 6) is 0. The van der Waals surface area contributed by atoms with Gasteiger partial charge in [-0.25, -0.2) is 0 Å². The molecule has 0 saturated carbocycles. The van der Waals surface area contributed by atoms with Crippen LogP contribution in [0.25, 0.3) is 0 Å². The van der Waals surface area contributed by atoms with Crippen molar-refractivity contribution >= 4 is 18.7 Å². The third kappa shape index (κ3) is 3.62. The fraction of sp³-hybridized carbons (Fsp3) is 0.385. The topological polar surface area (TPSA) is 82.8 Å². The second kappa shape index (κ2) is 8.46. The predicted molar refractivity (Wildman–Crippen MR) is 131 cm³/mol. The van der Waals surface area contributed by atoms with Crippen LogP contribution in [0.15, 0.2) is 71.7 Å². The number of fused-ring (bicyclic) bond motifs is 3. The molecule has 5 rings (SSSR count). The molecule has 2 aromatic carbocycles. The van der Waals surface area contributed by atoms with E-state index in [9.17, 15) is 9.90 Å². The van der Waals surface area contributed by atoms with Crippen molar-refractivity contribution in [2.24, 2.45) is 0 Å². The molecular formula is C26H30N2O5Si. The molecule has 4 atom stereocenters. The van der Waals surface area contributed by atoms with E-state index in [2.05, 4.69) is 50.0 Å². The van der Waals surface area contributed by atoms with Crippen LogP contribution in [-0.2, 0) is 9.16 Å². The third-order valence-electron chi connectivity index (χ3n) is 6.80. The van der Waals surface area contributed by atoms with Gasteiger partial charge in [0.2, 0.25) is 0 Å². The Morgan fingerprint density at radius 1 is 1.06 bits per heavy atom. The molecule has 34 heavy (non-hydrogen) atoms. The highest BCUT2D eigenvalue weighted by Gasteiger charge is 2.54. The number of aliphatic hydroxyl groups is 1. The molecule has 1 N–H and O–H groups in total. The first-order valence-electron chi connectivity index (χ1n) is 11.6. The third-order valence-corrected chi connectivity index (χ3v) is 11.8. The van der Waals surface area contributed by atoms with Gasteiger partial charge in [0, 0.05) is 11.8 Å². The van der Waals surface area contributed by atoms with Crippen LogP contribution in [0, 0.1) is 6.92 Å². The summed E-state index contributed by atoms with van der Waals surface area (Å²) in [5, 5.41) is 13.2. The maximum absolute atomic E-state index is 11.9. The van der Waals surface area contributed by atoms with Crippen molar-refractivity contribution in [1.29, 1.82) is 0 Å². The number of hydrogen-bond donors (Lipinski definition) is 1. The highest BCUT2D eigenvalue weighted by Crippen LogP contribution is 2.41. The monoisotopic (exact) mass is 478 g/mol. The van der Waals surface area contributed by atoms with Crippen LogP contribution in [-0.4, -0.2) is 47.9 Å². The number of ether oxygens (including phenoxy) is 2. The first kappa shape index (κ1) is 23.0. The molecule has 0 aliphatic carbocycles. The van der Waals surface area contributed by atoms with Crippen LogP contribution in [0.1, 0.15) is 32.6 Å². The van der Waals surface area contributed by atoms with Crippen molar-refractivity contribution in [3.63, 3.8) is 0 Å². The van der Waals surface area contributed by atoms with E-state index < -0.39 is 32.9 Å². The molecule has 3 heterocycles. The Morgan fingerprint density at radius 2 is 1.65 bits per heavy atom. The van der Waals surface area contributed by atoms with E-state index in [1.165, 1.54) is 10.4 Å². The van der Waals surface area contributed by atoms with Gasteiger partial charge in [0.1, 0.15) is 12.2 Å². The summed E-state index contributed by atoms with van der Waals surface area (Å²) in [7, 11) is -2.76. The summed E-state index contributed by atoms with van der Waals surface area (Å²) in [6, 6.07) is 20.9. The summed E-state index contributed by atoms with van der Waals surface area (Å²) < 4.78 is 20.7. The molecule has 2 aliphatic heterocycles. The van der Waals surface area contributed by atoms with E-state index in [1.54, 1.807) is 17.7 Å². The van der Waals surface area contributed by atoms with Crippen LogP contribution in [0.3, 0.4) is 0 Å². The maximum atomic E-state index is 11.9. The molecule has 3 aromatic rings. The minimum absolute atomic E-state index is 0.177. The first-order valence-corrected chi connectivity index (χ1v) is 13.5. The fourth-order valence-corrected chi connectivity index (χ4v) is 9.69. The molecule has 0 amide bonds. The Morgan fingerprint density at radius 3 is 2.21 bits per heavy atom. The van der Waals surface area contributed by atoms with Crippen molar-refractivity contribution in [3.8, 4) is 6.01 Å². The van der Waals surface area contributed by atoms with Gasteiger partial charge in [-0.2, -0.15) is 4.98 Å². The lowest BCUT2D eigenvalue weighted by molar-refractivity contribution is -0.0401. The second-order valence-corrected chi connectivity index (χ2v) is 14.3. The summed E-state index contributed by atoms with van der Waals surface area (Å²) >= 11 is 0. The highest BCUT2D eigenvalue weighted by atomic mass is 28.4. The Labute approximate surface area is 200 Å². The summed E-state index contributed by atoms with van der Waals surface area (Å²) in [4.78, 5) is 15.9. The van der Waals surface area contributed by atoms with Crippen molar-refractivity contribution in [2.45, 2.75) is 57.3 Å². The van der Waals surface area contributed by atoms with E-state index in [0.717, 1.165) is 0 Å². The molecule has 2 aliphatic rings. The average Bonchev–Trinajstić information content (AvgIpc) is 3.31. The number of nitrogens with zero attached hydrogens (tertiary/aromatic N) is 2. The number of rotatable bonds is 5. The summed E-state index contributed by atoms with van der Waals surface area (Å²) in [5.41, 5.74) is 0.158. The van der Waals surface area contributed by atoms with Gasteiger partial charge in [-0.05, 0) is 22.3 Å². The standard InChI is InChI=1S/C26H30N2O5Si/c1-17-15-28-24-22(33-25(28)27-23(17)30)21(29)20(32-24)16-31-34(26(2,3)4,18-11-7-5-8-12-18)19-13-9-6-10-14-19/h5-15,20-22,24,29H,16H2,1-4H3/t20-,21+,22?,24-/m1/s1. The van der Waals surface area contributed by atoms with Crippen LogP contribution >= 0.6 is 0 Å². The van der Waals surface area contributed by atoms with Gasteiger partial charge in [0.25, 0.3) is 13.9 Å². The van der Waals surface area contributed by atoms with Crippen LogP contribution < -0.4 is 20.7 Å². The van der Waals surface area contributed by atoms with Gasteiger partial charge in [0.05, 0.1) is 6.61 Å². The van der Waals surface area contributed by atoms with Gasteiger partial charge in [-0.1, -0.05) is 81.4 Å². The zero-order valence-electron chi connectivity index (χ0n) is 19.8. The quantitative estimate of drug-likeness (QED) is 0.566. The number of benzene rings is 2.